The highest BCUT2D eigenvalue weighted by Crippen LogP contribution is 2.23. The second-order valence-corrected chi connectivity index (χ2v) is 4.38. The van der Waals surface area contributed by atoms with E-state index in [0.29, 0.717) is 28.0 Å². The summed E-state index contributed by atoms with van der Waals surface area (Å²) in [7, 11) is 0. The predicted molar refractivity (Wildman–Crippen MR) is 72.9 cm³/mol. The average molecular weight is 252 g/mol. The molecule has 0 spiro atoms. The minimum Gasteiger partial charge on any atom is -0.383 e. The summed E-state index contributed by atoms with van der Waals surface area (Å²) in [5, 5.41) is 0.578. The SMILES string of the molecule is Cc1cccc(C(=O)c2c[nH]c3ncnc(N)c23)c1. The van der Waals surface area contributed by atoms with Gasteiger partial charge in [-0.1, -0.05) is 23.8 Å². The summed E-state index contributed by atoms with van der Waals surface area (Å²) < 4.78 is 0. The molecule has 2 heterocycles. The van der Waals surface area contributed by atoms with Gasteiger partial charge in [0.05, 0.1) is 10.9 Å². The largest absolute Gasteiger partial charge is 0.383 e. The molecule has 0 radical (unpaired) electrons. The summed E-state index contributed by atoms with van der Waals surface area (Å²) in [4.78, 5) is 23.4. The Morgan fingerprint density at radius 1 is 1.32 bits per heavy atom. The topological polar surface area (TPSA) is 84.7 Å². The van der Waals surface area contributed by atoms with E-state index in [4.69, 9.17) is 5.73 Å². The molecule has 0 atom stereocenters. The van der Waals surface area contributed by atoms with Crippen LogP contribution in [0.25, 0.3) is 11.0 Å². The number of ketones is 1. The maximum Gasteiger partial charge on any atom is 0.195 e. The van der Waals surface area contributed by atoms with Crippen molar-refractivity contribution in [2.75, 3.05) is 5.73 Å². The highest BCUT2D eigenvalue weighted by Gasteiger charge is 2.17. The number of fused-ring (bicyclic) bond motifs is 1. The molecule has 2 aromatic heterocycles. The number of hydrogen-bond donors (Lipinski definition) is 2. The predicted octanol–water partition coefficient (Wildman–Crippen LogP) is 2.08. The lowest BCUT2D eigenvalue weighted by atomic mass is 10.0. The van der Waals surface area contributed by atoms with Crippen LogP contribution in [0.1, 0.15) is 21.5 Å². The van der Waals surface area contributed by atoms with Gasteiger partial charge in [0.15, 0.2) is 5.78 Å². The Balaban J connectivity index is 2.17. The number of nitrogens with zero attached hydrogens (tertiary/aromatic N) is 2. The number of carbonyl (C=O) groups is 1. The summed E-state index contributed by atoms with van der Waals surface area (Å²) in [6, 6.07) is 7.44. The van der Waals surface area contributed by atoms with E-state index in [1.54, 1.807) is 12.3 Å². The molecule has 0 fully saturated rings. The Kier molecular flexibility index (Phi) is 2.52. The smallest absolute Gasteiger partial charge is 0.195 e. The van der Waals surface area contributed by atoms with Crippen molar-refractivity contribution >= 4 is 22.6 Å². The van der Waals surface area contributed by atoms with E-state index in [9.17, 15) is 4.79 Å². The number of nitrogens with two attached hydrogens (primary N) is 1. The fourth-order valence-corrected chi connectivity index (χ4v) is 2.11. The van der Waals surface area contributed by atoms with Gasteiger partial charge in [-0.25, -0.2) is 9.97 Å². The minimum absolute atomic E-state index is 0.0866. The van der Waals surface area contributed by atoms with E-state index in [-0.39, 0.29) is 5.78 Å². The van der Waals surface area contributed by atoms with Crippen LogP contribution in [0.15, 0.2) is 36.8 Å². The third-order valence-corrected chi connectivity index (χ3v) is 3.02. The Bertz CT molecular complexity index is 776. The first-order valence-corrected chi connectivity index (χ1v) is 5.86. The molecule has 0 bridgehead atoms. The van der Waals surface area contributed by atoms with Gasteiger partial charge in [0.25, 0.3) is 0 Å². The van der Waals surface area contributed by atoms with Crippen LogP contribution >= 0.6 is 0 Å². The Labute approximate surface area is 109 Å². The van der Waals surface area contributed by atoms with Gasteiger partial charge < -0.3 is 10.7 Å². The summed E-state index contributed by atoms with van der Waals surface area (Å²) in [6.07, 6.45) is 3.00. The van der Waals surface area contributed by atoms with Gasteiger partial charge in [-0.2, -0.15) is 0 Å². The van der Waals surface area contributed by atoms with Crippen molar-refractivity contribution in [1.82, 2.24) is 15.0 Å². The molecule has 3 rings (SSSR count). The van der Waals surface area contributed by atoms with Gasteiger partial charge in [-0.15, -0.1) is 0 Å². The van der Waals surface area contributed by atoms with Crippen LogP contribution in [-0.2, 0) is 0 Å². The molecule has 94 valence electrons. The highest BCUT2D eigenvalue weighted by molar-refractivity contribution is 6.17. The number of rotatable bonds is 2. The molecule has 3 N–H and O–H groups in total. The quantitative estimate of drug-likeness (QED) is 0.684. The molecule has 0 unspecified atom stereocenters. The van der Waals surface area contributed by atoms with Crippen LogP contribution in [-0.4, -0.2) is 20.7 Å². The lowest BCUT2D eigenvalue weighted by molar-refractivity contribution is 0.104. The normalized spacial score (nSPS) is 10.8. The Morgan fingerprint density at radius 2 is 2.16 bits per heavy atom. The number of nitrogen functional groups attached to an aromatic ring is 1. The number of anilines is 1. The minimum atomic E-state index is -0.0866. The van der Waals surface area contributed by atoms with Crippen molar-refractivity contribution in [3.63, 3.8) is 0 Å². The van der Waals surface area contributed by atoms with Crippen molar-refractivity contribution in [3.8, 4) is 0 Å². The molecule has 1 aromatic carbocycles. The number of aromatic amines is 1. The van der Waals surface area contributed by atoms with E-state index < -0.39 is 0 Å². The number of benzene rings is 1. The number of aromatic nitrogens is 3. The van der Waals surface area contributed by atoms with Crippen LogP contribution in [0.5, 0.6) is 0 Å². The molecule has 3 aromatic rings. The Hall–Kier alpha value is -2.69. The van der Waals surface area contributed by atoms with Gasteiger partial charge in [-0.3, -0.25) is 4.79 Å². The second-order valence-electron chi connectivity index (χ2n) is 4.38. The van der Waals surface area contributed by atoms with E-state index in [1.165, 1.54) is 6.33 Å². The molecule has 19 heavy (non-hydrogen) atoms. The Morgan fingerprint density at radius 3 is 2.95 bits per heavy atom. The van der Waals surface area contributed by atoms with Gasteiger partial charge in [-0.05, 0) is 13.0 Å². The fraction of sp³-hybridized carbons (Fsp3) is 0.0714. The molecule has 0 aliphatic carbocycles. The van der Waals surface area contributed by atoms with E-state index >= 15 is 0 Å². The molecule has 0 saturated carbocycles. The van der Waals surface area contributed by atoms with Crippen LogP contribution in [0.3, 0.4) is 0 Å². The molecule has 5 heteroatoms. The van der Waals surface area contributed by atoms with Gasteiger partial charge >= 0.3 is 0 Å². The first-order chi connectivity index (χ1) is 9.16. The molecule has 5 nitrogen and oxygen atoms in total. The van der Waals surface area contributed by atoms with E-state index in [0.717, 1.165) is 5.56 Å². The van der Waals surface area contributed by atoms with Gasteiger partial charge in [0, 0.05) is 11.8 Å². The monoisotopic (exact) mass is 252 g/mol. The zero-order valence-electron chi connectivity index (χ0n) is 10.3. The number of aryl methyl sites for hydroxylation is 1. The van der Waals surface area contributed by atoms with Crippen molar-refractivity contribution in [1.29, 1.82) is 0 Å². The third-order valence-electron chi connectivity index (χ3n) is 3.02. The van der Waals surface area contributed by atoms with Crippen LogP contribution in [0.2, 0.25) is 0 Å². The summed E-state index contributed by atoms with van der Waals surface area (Å²) in [5.41, 5.74) is 8.56. The van der Waals surface area contributed by atoms with Crippen LogP contribution in [0, 0.1) is 6.92 Å². The van der Waals surface area contributed by atoms with Gasteiger partial charge in [0.2, 0.25) is 0 Å². The molecular weight excluding hydrogens is 240 g/mol. The van der Waals surface area contributed by atoms with Gasteiger partial charge in [0.1, 0.15) is 17.8 Å². The van der Waals surface area contributed by atoms with Crippen molar-refractivity contribution in [2.45, 2.75) is 6.92 Å². The summed E-state index contributed by atoms with van der Waals surface area (Å²) in [5.74, 6) is 0.221. The lowest BCUT2D eigenvalue weighted by Crippen LogP contribution is -2.02. The first kappa shape index (κ1) is 11.4. The second kappa shape index (κ2) is 4.20. The average Bonchev–Trinajstić information content (AvgIpc) is 2.83. The van der Waals surface area contributed by atoms with Crippen molar-refractivity contribution in [2.24, 2.45) is 0 Å². The lowest BCUT2D eigenvalue weighted by Gasteiger charge is -2.02. The number of carbonyl (C=O) groups excluding carboxylic acids is 1. The third kappa shape index (κ3) is 1.85. The standard InChI is InChI=1S/C14H12N4O/c1-8-3-2-4-9(5-8)12(19)10-6-16-14-11(10)13(15)17-7-18-14/h2-7H,1H3,(H3,15,16,17,18). The van der Waals surface area contributed by atoms with Crippen molar-refractivity contribution < 1.29 is 4.79 Å². The zero-order chi connectivity index (χ0) is 13.4. The molecular formula is C14H12N4O. The fourth-order valence-electron chi connectivity index (χ4n) is 2.11. The molecule has 0 aliphatic heterocycles. The summed E-state index contributed by atoms with van der Waals surface area (Å²) >= 11 is 0. The van der Waals surface area contributed by atoms with E-state index in [1.807, 2.05) is 25.1 Å². The van der Waals surface area contributed by atoms with Crippen molar-refractivity contribution in [3.05, 3.63) is 53.5 Å². The highest BCUT2D eigenvalue weighted by atomic mass is 16.1. The van der Waals surface area contributed by atoms with E-state index in [2.05, 4.69) is 15.0 Å². The molecule has 0 aliphatic rings. The number of H-pyrrole nitrogens is 1. The molecule has 0 saturated heterocycles. The molecule has 0 amide bonds. The maximum absolute atomic E-state index is 12.5. The van der Waals surface area contributed by atoms with Crippen LogP contribution < -0.4 is 5.73 Å². The summed E-state index contributed by atoms with van der Waals surface area (Å²) in [6.45, 7) is 1.95. The first-order valence-electron chi connectivity index (χ1n) is 5.86. The number of nitrogens with one attached hydrogen (secondary N) is 1. The van der Waals surface area contributed by atoms with Crippen LogP contribution in [0.4, 0.5) is 5.82 Å². The zero-order valence-corrected chi connectivity index (χ0v) is 10.3. The number of hydrogen-bond acceptors (Lipinski definition) is 4. The maximum atomic E-state index is 12.5.